The van der Waals surface area contributed by atoms with Gasteiger partial charge >= 0.3 is 0 Å². The lowest BCUT2D eigenvalue weighted by Crippen LogP contribution is -2.09. The Morgan fingerprint density at radius 1 is 1.37 bits per heavy atom. The number of nitrogens with zero attached hydrogens (tertiary/aromatic N) is 3. The minimum absolute atomic E-state index is 0.183. The molecule has 1 heterocycles. The third-order valence-electron chi connectivity index (χ3n) is 2.65. The number of halogens is 3. The van der Waals surface area contributed by atoms with E-state index < -0.39 is 5.82 Å². The lowest BCUT2D eigenvalue weighted by molar-refractivity contribution is 0.187. The molecule has 0 spiro atoms. The molecule has 0 atom stereocenters. The van der Waals surface area contributed by atoms with Gasteiger partial charge in [0.05, 0.1) is 23.1 Å². The van der Waals surface area contributed by atoms with Crippen LogP contribution in [0.5, 0.6) is 0 Å². The van der Waals surface area contributed by atoms with Crippen LogP contribution in [-0.2, 0) is 17.2 Å². The molecule has 1 aromatic heterocycles. The summed E-state index contributed by atoms with van der Waals surface area (Å²) in [5.41, 5.74) is 0.226. The lowest BCUT2D eigenvalue weighted by Gasteiger charge is -2.10. The number of alkyl halides is 1. The average Bonchev–Trinajstić information content (AvgIpc) is 2.79. The van der Waals surface area contributed by atoms with E-state index in [-0.39, 0.29) is 16.5 Å². The molecule has 0 saturated carbocycles. The molecule has 0 aliphatic carbocycles. The van der Waals surface area contributed by atoms with E-state index in [9.17, 15) is 4.39 Å². The standard InChI is InChI=1S/C12H12Cl2FN3O/c1-19-6-5-18-10(7-13)16-17-12(18)11-8(14)3-2-4-9(11)15/h2-4H,5-7H2,1H3. The third kappa shape index (κ3) is 2.88. The van der Waals surface area contributed by atoms with Crippen molar-refractivity contribution in [2.45, 2.75) is 12.4 Å². The van der Waals surface area contributed by atoms with Gasteiger partial charge in [-0.2, -0.15) is 0 Å². The highest BCUT2D eigenvalue weighted by atomic mass is 35.5. The molecule has 19 heavy (non-hydrogen) atoms. The maximum absolute atomic E-state index is 13.9. The molecule has 102 valence electrons. The Balaban J connectivity index is 2.52. The minimum Gasteiger partial charge on any atom is -0.383 e. The van der Waals surface area contributed by atoms with Crippen LogP contribution in [0.4, 0.5) is 4.39 Å². The van der Waals surface area contributed by atoms with Crippen LogP contribution >= 0.6 is 23.2 Å². The van der Waals surface area contributed by atoms with E-state index in [4.69, 9.17) is 27.9 Å². The summed E-state index contributed by atoms with van der Waals surface area (Å²) in [5, 5.41) is 8.21. The van der Waals surface area contributed by atoms with Crippen molar-refractivity contribution in [2.24, 2.45) is 0 Å². The average molecular weight is 304 g/mol. The van der Waals surface area contributed by atoms with E-state index in [0.717, 1.165) is 0 Å². The van der Waals surface area contributed by atoms with Crippen molar-refractivity contribution in [2.75, 3.05) is 13.7 Å². The van der Waals surface area contributed by atoms with Crippen molar-refractivity contribution in [1.29, 1.82) is 0 Å². The first kappa shape index (κ1) is 14.2. The fourth-order valence-electron chi connectivity index (χ4n) is 1.75. The highest BCUT2D eigenvalue weighted by Gasteiger charge is 2.18. The number of rotatable bonds is 5. The number of methoxy groups -OCH3 is 1. The first-order valence-electron chi connectivity index (χ1n) is 5.60. The van der Waals surface area contributed by atoms with E-state index in [0.29, 0.717) is 24.8 Å². The highest BCUT2D eigenvalue weighted by Crippen LogP contribution is 2.29. The molecule has 0 radical (unpaired) electrons. The second kappa shape index (κ2) is 6.32. The van der Waals surface area contributed by atoms with Crippen LogP contribution in [0.2, 0.25) is 5.02 Å². The zero-order chi connectivity index (χ0) is 13.8. The molecule has 0 fully saturated rings. The number of hydrogen-bond acceptors (Lipinski definition) is 3. The van der Waals surface area contributed by atoms with E-state index in [1.807, 2.05) is 0 Å². The second-order valence-corrected chi connectivity index (χ2v) is 4.49. The Morgan fingerprint density at radius 3 is 2.79 bits per heavy atom. The first-order chi connectivity index (χ1) is 9.19. The van der Waals surface area contributed by atoms with Crippen molar-refractivity contribution < 1.29 is 9.13 Å². The SMILES string of the molecule is COCCn1c(CCl)nnc1-c1c(F)cccc1Cl. The Bertz CT molecular complexity index is 554. The maximum Gasteiger partial charge on any atom is 0.168 e. The van der Waals surface area contributed by atoms with Gasteiger partial charge in [-0.1, -0.05) is 17.7 Å². The molecular weight excluding hydrogens is 292 g/mol. The van der Waals surface area contributed by atoms with E-state index >= 15 is 0 Å². The fourth-order valence-corrected chi connectivity index (χ4v) is 2.19. The summed E-state index contributed by atoms with van der Waals surface area (Å²) >= 11 is 11.8. The van der Waals surface area contributed by atoms with Gasteiger partial charge in [0.15, 0.2) is 5.82 Å². The van der Waals surface area contributed by atoms with Crippen molar-refractivity contribution >= 4 is 23.2 Å². The Kier molecular flexibility index (Phi) is 4.74. The summed E-state index contributed by atoms with van der Waals surface area (Å²) in [5.74, 6) is 0.645. The van der Waals surface area contributed by atoms with Gasteiger partial charge in [-0.15, -0.1) is 21.8 Å². The molecule has 0 saturated heterocycles. The number of benzene rings is 1. The zero-order valence-corrected chi connectivity index (χ0v) is 11.7. The smallest absolute Gasteiger partial charge is 0.168 e. The highest BCUT2D eigenvalue weighted by molar-refractivity contribution is 6.33. The van der Waals surface area contributed by atoms with Crippen LogP contribution in [0.3, 0.4) is 0 Å². The Labute approximate surface area is 120 Å². The predicted molar refractivity (Wildman–Crippen MR) is 71.9 cm³/mol. The number of hydrogen-bond donors (Lipinski definition) is 0. The molecule has 0 unspecified atom stereocenters. The van der Waals surface area contributed by atoms with Crippen LogP contribution in [0, 0.1) is 5.82 Å². The fraction of sp³-hybridized carbons (Fsp3) is 0.333. The van der Waals surface area contributed by atoms with E-state index in [1.165, 1.54) is 6.07 Å². The van der Waals surface area contributed by atoms with Gasteiger partial charge in [0.2, 0.25) is 0 Å². The first-order valence-corrected chi connectivity index (χ1v) is 6.51. The maximum atomic E-state index is 13.9. The molecular formula is C12H12Cl2FN3O. The summed E-state index contributed by atoms with van der Waals surface area (Å²) in [6, 6.07) is 4.48. The van der Waals surface area contributed by atoms with Gasteiger partial charge < -0.3 is 9.30 Å². The summed E-state index contributed by atoms with van der Waals surface area (Å²) in [4.78, 5) is 0. The van der Waals surface area contributed by atoms with Gasteiger partial charge in [0, 0.05) is 13.7 Å². The van der Waals surface area contributed by atoms with Gasteiger partial charge in [0.25, 0.3) is 0 Å². The van der Waals surface area contributed by atoms with Crippen molar-refractivity contribution in [3.8, 4) is 11.4 Å². The van der Waals surface area contributed by atoms with Gasteiger partial charge in [0.1, 0.15) is 11.6 Å². The number of aromatic nitrogens is 3. The summed E-state index contributed by atoms with van der Waals surface area (Å²) in [6.07, 6.45) is 0. The zero-order valence-electron chi connectivity index (χ0n) is 10.2. The second-order valence-electron chi connectivity index (χ2n) is 3.81. The molecule has 0 amide bonds. The molecule has 1 aromatic carbocycles. The predicted octanol–water partition coefficient (Wildman–Crippen LogP) is 3.12. The molecule has 7 heteroatoms. The molecule has 0 N–H and O–H groups in total. The minimum atomic E-state index is -0.445. The van der Waals surface area contributed by atoms with Gasteiger partial charge in [-0.05, 0) is 12.1 Å². The van der Waals surface area contributed by atoms with Crippen LogP contribution in [-0.4, -0.2) is 28.5 Å². The van der Waals surface area contributed by atoms with Crippen molar-refractivity contribution in [3.63, 3.8) is 0 Å². The lowest BCUT2D eigenvalue weighted by atomic mass is 10.2. The third-order valence-corrected chi connectivity index (χ3v) is 3.21. The molecule has 0 bridgehead atoms. The normalized spacial score (nSPS) is 10.9. The monoisotopic (exact) mass is 303 g/mol. The Hall–Kier alpha value is -1.17. The van der Waals surface area contributed by atoms with Crippen LogP contribution < -0.4 is 0 Å². The molecule has 0 aliphatic heterocycles. The van der Waals surface area contributed by atoms with Gasteiger partial charge in [-0.3, -0.25) is 0 Å². The molecule has 2 rings (SSSR count). The molecule has 4 nitrogen and oxygen atoms in total. The van der Waals surface area contributed by atoms with Crippen LogP contribution in [0.15, 0.2) is 18.2 Å². The van der Waals surface area contributed by atoms with E-state index in [1.54, 1.807) is 23.8 Å². The largest absolute Gasteiger partial charge is 0.383 e. The van der Waals surface area contributed by atoms with E-state index in [2.05, 4.69) is 10.2 Å². The van der Waals surface area contributed by atoms with Crippen LogP contribution in [0.25, 0.3) is 11.4 Å². The number of ether oxygens (including phenoxy) is 1. The van der Waals surface area contributed by atoms with Crippen molar-refractivity contribution in [3.05, 3.63) is 34.9 Å². The Morgan fingerprint density at radius 2 is 2.16 bits per heavy atom. The molecule has 2 aromatic rings. The van der Waals surface area contributed by atoms with Crippen molar-refractivity contribution in [1.82, 2.24) is 14.8 Å². The summed E-state index contributed by atoms with van der Waals surface area (Å²) < 4.78 is 20.7. The van der Waals surface area contributed by atoms with Crippen LogP contribution in [0.1, 0.15) is 5.82 Å². The summed E-state index contributed by atoms with van der Waals surface area (Å²) in [6.45, 7) is 0.923. The topological polar surface area (TPSA) is 39.9 Å². The quantitative estimate of drug-likeness (QED) is 0.797. The summed E-state index contributed by atoms with van der Waals surface area (Å²) in [7, 11) is 1.58. The molecule has 0 aliphatic rings. The van der Waals surface area contributed by atoms with Gasteiger partial charge in [-0.25, -0.2) is 4.39 Å².